The maximum absolute atomic E-state index is 13.9. The van der Waals surface area contributed by atoms with Crippen LogP contribution in [0.1, 0.15) is 64.9 Å². The van der Waals surface area contributed by atoms with Crippen LogP contribution in [0, 0.1) is 11.8 Å². The van der Waals surface area contributed by atoms with Gasteiger partial charge < -0.3 is 31.8 Å². The fourth-order valence-corrected chi connectivity index (χ4v) is 6.18. The lowest BCUT2D eigenvalue weighted by Crippen LogP contribution is -2.59. The smallest absolute Gasteiger partial charge is 0.227 e. The van der Waals surface area contributed by atoms with Gasteiger partial charge in [-0.2, -0.15) is 0 Å². The lowest BCUT2D eigenvalue weighted by molar-refractivity contribution is -0.126. The average molecular weight is 641 g/mol. The molecule has 0 saturated carbocycles. The van der Waals surface area contributed by atoms with Gasteiger partial charge in [-0.05, 0) is 67.9 Å². The number of hydrogen-bond acceptors (Lipinski definition) is 8. The van der Waals surface area contributed by atoms with Crippen LogP contribution in [0.4, 0.5) is 5.69 Å². The zero-order chi connectivity index (χ0) is 31.5. The van der Waals surface area contributed by atoms with E-state index in [0.29, 0.717) is 37.5 Å². The van der Waals surface area contributed by atoms with Crippen LogP contribution in [0.5, 0.6) is 0 Å². The SMILES string of the molecule is CCCC[C@@H](NC[C@@H](CC(C)C)NC[C@H](N)Cc1ccccc1)C(=O)[C@H]1CC(C(=O)Nc2ccc3occc3c2)CC(N)N1.Cl. The molecular weight excluding hydrogens is 588 g/mol. The molecule has 248 valence electrons. The minimum absolute atomic E-state index is 0. The van der Waals surface area contributed by atoms with Crippen LogP contribution in [0.3, 0.4) is 0 Å². The largest absolute Gasteiger partial charge is 0.464 e. The summed E-state index contributed by atoms with van der Waals surface area (Å²) < 4.78 is 5.41. The van der Waals surface area contributed by atoms with Crippen molar-refractivity contribution in [1.29, 1.82) is 0 Å². The van der Waals surface area contributed by atoms with Crippen LogP contribution in [0.15, 0.2) is 65.3 Å². The van der Waals surface area contributed by atoms with E-state index in [-0.39, 0.29) is 48.1 Å². The van der Waals surface area contributed by atoms with Crippen LogP contribution in [-0.4, -0.2) is 55.1 Å². The van der Waals surface area contributed by atoms with Crippen molar-refractivity contribution < 1.29 is 14.0 Å². The van der Waals surface area contributed by atoms with Crippen molar-refractivity contribution in [1.82, 2.24) is 16.0 Å². The summed E-state index contributed by atoms with van der Waals surface area (Å²) in [5.74, 6) is 0.0912. The predicted octanol–water partition coefficient (Wildman–Crippen LogP) is 4.74. The summed E-state index contributed by atoms with van der Waals surface area (Å²) in [6.45, 7) is 7.92. The maximum atomic E-state index is 13.9. The van der Waals surface area contributed by atoms with E-state index in [1.807, 2.05) is 42.5 Å². The number of carbonyl (C=O) groups excluding carboxylic acids is 2. The Morgan fingerprint density at radius 1 is 1.04 bits per heavy atom. The lowest BCUT2D eigenvalue weighted by atomic mass is 9.85. The molecule has 6 atom stereocenters. The number of anilines is 1. The Morgan fingerprint density at radius 3 is 2.56 bits per heavy atom. The normalized spacial score (nSPS) is 20.4. The Balaban J connectivity index is 0.00000552. The minimum atomic E-state index is -0.490. The van der Waals surface area contributed by atoms with Gasteiger partial charge in [0.1, 0.15) is 5.58 Å². The van der Waals surface area contributed by atoms with Gasteiger partial charge in [-0.3, -0.25) is 14.9 Å². The Labute approximate surface area is 274 Å². The van der Waals surface area contributed by atoms with Crippen molar-refractivity contribution in [2.24, 2.45) is 23.3 Å². The fraction of sp³-hybridized carbons (Fsp3) is 0.543. The molecule has 1 aliphatic rings. The zero-order valence-electron chi connectivity index (χ0n) is 27.0. The van der Waals surface area contributed by atoms with Gasteiger partial charge in [0.2, 0.25) is 5.91 Å². The van der Waals surface area contributed by atoms with E-state index in [9.17, 15) is 9.59 Å². The number of piperidine rings is 1. The van der Waals surface area contributed by atoms with Crippen molar-refractivity contribution >= 4 is 40.8 Å². The van der Waals surface area contributed by atoms with Crippen LogP contribution in [-0.2, 0) is 16.0 Å². The molecule has 1 fully saturated rings. The number of halogens is 1. The molecule has 1 amide bonds. The number of benzene rings is 2. The molecule has 1 saturated heterocycles. The van der Waals surface area contributed by atoms with Crippen LogP contribution in [0.2, 0.25) is 0 Å². The van der Waals surface area contributed by atoms with Crippen molar-refractivity contribution in [3.8, 4) is 0 Å². The number of nitrogens with two attached hydrogens (primary N) is 2. The van der Waals surface area contributed by atoms with E-state index in [0.717, 1.165) is 43.1 Å². The van der Waals surface area contributed by atoms with Gasteiger partial charge in [-0.25, -0.2) is 0 Å². The molecule has 0 bridgehead atoms. The first kappa shape index (κ1) is 36.7. The summed E-state index contributed by atoms with van der Waals surface area (Å²) in [6.07, 6.45) is 6.55. The van der Waals surface area contributed by atoms with Gasteiger partial charge in [0.05, 0.1) is 24.5 Å². The fourth-order valence-electron chi connectivity index (χ4n) is 6.18. The molecule has 10 heteroatoms. The molecule has 1 aromatic heterocycles. The van der Waals surface area contributed by atoms with Crippen molar-refractivity contribution in [3.05, 3.63) is 66.4 Å². The predicted molar refractivity (Wildman–Crippen MR) is 185 cm³/mol. The molecular formula is C35H53ClN6O3. The standard InChI is InChI=1S/C35H52N6O3.ClH/c1-4-5-11-30(39-22-29(16-23(2)3)38-21-27(36)17-24-9-7-6-8-10-24)34(42)31-19-26(20-33(37)41-31)35(43)40-28-12-13-32-25(18-28)14-15-44-32;/h6-10,12-15,18,23,26-27,29-31,33,38-39,41H,4-5,11,16-17,19-22,36-37H2,1-3H3,(H,40,43);1H/t26?,27-,29-,30-,31-,33?;/m1./s1. The third-order valence-corrected chi connectivity index (χ3v) is 8.47. The van der Waals surface area contributed by atoms with E-state index in [1.54, 1.807) is 6.26 Å². The van der Waals surface area contributed by atoms with Gasteiger partial charge in [-0.1, -0.05) is 63.9 Å². The topological polar surface area (TPSA) is 147 Å². The summed E-state index contributed by atoms with van der Waals surface area (Å²) >= 11 is 0. The first-order valence-corrected chi connectivity index (χ1v) is 16.3. The number of rotatable bonds is 17. The quantitative estimate of drug-likeness (QED) is 0.124. The third kappa shape index (κ3) is 11.5. The molecule has 0 aliphatic carbocycles. The van der Waals surface area contributed by atoms with E-state index in [2.05, 4.69) is 54.2 Å². The number of amides is 1. The average Bonchev–Trinajstić information content (AvgIpc) is 3.47. The lowest BCUT2D eigenvalue weighted by Gasteiger charge is -2.35. The summed E-state index contributed by atoms with van der Waals surface area (Å²) in [6, 6.07) is 17.1. The van der Waals surface area contributed by atoms with Crippen LogP contribution >= 0.6 is 12.4 Å². The number of fused-ring (bicyclic) bond motifs is 1. The van der Waals surface area contributed by atoms with Crippen molar-refractivity contribution in [2.45, 2.75) is 96.1 Å². The number of furan rings is 1. The van der Waals surface area contributed by atoms with E-state index >= 15 is 0 Å². The number of hydrogen-bond donors (Lipinski definition) is 6. The second-order valence-electron chi connectivity index (χ2n) is 12.8. The summed E-state index contributed by atoms with van der Waals surface area (Å²) in [5.41, 5.74) is 15.5. The highest BCUT2D eigenvalue weighted by Gasteiger charge is 2.37. The highest BCUT2D eigenvalue weighted by atomic mass is 35.5. The highest BCUT2D eigenvalue weighted by molar-refractivity contribution is 5.96. The van der Waals surface area contributed by atoms with Gasteiger partial charge in [0.25, 0.3) is 0 Å². The number of Topliss-reactive ketones (excluding diaryl/α,β-unsaturated/α-hetero) is 1. The second kappa shape index (κ2) is 18.4. The monoisotopic (exact) mass is 640 g/mol. The molecule has 9 nitrogen and oxygen atoms in total. The third-order valence-electron chi connectivity index (χ3n) is 8.47. The Morgan fingerprint density at radius 2 is 1.82 bits per heavy atom. The van der Waals surface area contributed by atoms with E-state index < -0.39 is 12.2 Å². The highest BCUT2D eigenvalue weighted by Crippen LogP contribution is 2.25. The number of ketones is 1. The molecule has 2 unspecified atom stereocenters. The van der Waals surface area contributed by atoms with E-state index in [4.69, 9.17) is 15.9 Å². The van der Waals surface area contributed by atoms with Crippen LogP contribution < -0.4 is 32.7 Å². The zero-order valence-corrected chi connectivity index (χ0v) is 27.8. The van der Waals surface area contributed by atoms with Gasteiger partial charge >= 0.3 is 0 Å². The van der Waals surface area contributed by atoms with Gasteiger partial charge in [0, 0.05) is 42.2 Å². The maximum Gasteiger partial charge on any atom is 0.227 e. The first-order valence-electron chi connectivity index (χ1n) is 16.3. The molecule has 4 rings (SSSR count). The number of carbonyl (C=O) groups is 2. The second-order valence-corrected chi connectivity index (χ2v) is 12.8. The molecule has 45 heavy (non-hydrogen) atoms. The molecule has 0 radical (unpaired) electrons. The molecule has 2 aromatic carbocycles. The Kier molecular flexibility index (Phi) is 15.0. The van der Waals surface area contributed by atoms with Crippen LogP contribution in [0.25, 0.3) is 11.0 Å². The Hall–Kier alpha value is -2.79. The molecule has 1 aliphatic heterocycles. The number of nitrogens with one attached hydrogen (secondary N) is 4. The summed E-state index contributed by atoms with van der Waals surface area (Å²) in [5, 5.41) is 14.5. The number of unbranched alkanes of at least 4 members (excludes halogenated alkanes) is 1. The summed E-state index contributed by atoms with van der Waals surface area (Å²) in [4.78, 5) is 27.2. The first-order chi connectivity index (χ1) is 21.2. The van der Waals surface area contributed by atoms with Crippen molar-refractivity contribution in [3.63, 3.8) is 0 Å². The molecule has 2 heterocycles. The minimum Gasteiger partial charge on any atom is -0.464 e. The van der Waals surface area contributed by atoms with Gasteiger partial charge in [-0.15, -0.1) is 12.4 Å². The Bertz CT molecular complexity index is 1320. The van der Waals surface area contributed by atoms with Crippen molar-refractivity contribution in [2.75, 3.05) is 18.4 Å². The van der Waals surface area contributed by atoms with E-state index in [1.165, 1.54) is 5.56 Å². The molecule has 0 spiro atoms. The van der Waals surface area contributed by atoms with Gasteiger partial charge in [0.15, 0.2) is 5.78 Å². The molecule has 8 N–H and O–H groups in total. The summed E-state index contributed by atoms with van der Waals surface area (Å²) in [7, 11) is 0. The molecule has 3 aromatic rings.